The molecular weight excluding hydrogens is 354 g/mol. The van der Waals surface area contributed by atoms with Crippen LogP contribution in [0.3, 0.4) is 0 Å². The van der Waals surface area contributed by atoms with Gasteiger partial charge in [0.1, 0.15) is 0 Å². The van der Waals surface area contributed by atoms with E-state index in [1.807, 2.05) is 0 Å². The third-order valence-corrected chi connectivity index (χ3v) is 6.91. The van der Waals surface area contributed by atoms with Gasteiger partial charge < -0.3 is 5.11 Å². The number of hydrogen-bond donors (Lipinski definition) is 2. The van der Waals surface area contributed by atoms with Gasteiger partial charge in [0, 0.05) is 11.0 Å². The van der Waals surface area contributed by atoms with Crippen LogP contribution in [0.4, 0.5) is 0 Å². The largest absolute Gasteiger partial charge is 0.392 e. The molecule has 1 aromatic rings. The minimum atomic E-state index is -3.57. The first kappa shape index (κ1) is 16.9. The van der Waals surface area contributed by atoms with E-state index in [0.717, 1.165) is 19.3 Å². The molecular formula is C15H22BrNO3S. The summed E-state index contributed by atoms with van der Waals surface area (Å²) in [5.74, 6) is 0. The van der Waals surface area contributed by atoms with Gasteiger partial charge in [0.25, 0.3) is 0 Å². The summed E-state index contributed by atoms with van der Waals surface area (Å²) in [6.45, 7) is 2.44. The monoisotopic (exact) mass is 375 g/mol. The number of rotatable bonds is 6. The molecule has 0 spiro atoms. The van der Waals surface area contributed by atoms with E-state index in [-0.39, 0.29) is 16.9 Å². The van der Waals surface area contributed by atoms with Gasteiger partial charge in [-0.1, -0.05) is 25.8 Å². The fourth-order valence-corrected chi connectivity index (χ4v) is 5.13. The topological polar surface area (TPSA) is 66.4 Å². The normalized spacial score (nSPS) is 18.0. The molecule has 0 bridgehead atoms. The number of aliphatic hydroxyl groups excluding tert-OH is 1. The molecule has 118 valence electrons. The Morgan fingerprint density at radius 1 is 1.33 bits per heavy atom. The SMILES string of the molecule is CCC1(CNS(=O)(=O)c2cc(CO)ccc2Br)CCCC1. The van der Waals surface area contributed by atoms with Gasteiger partial charge >= 0.3 is 0 Å². The summed E-state index contributed by atoms with van der Waals surface area (Å²) in [6.07, 6.45) is 5.53. The van der Waals surface area contributed by atoms with E-state index in [1.54, 1.807) is 12.1 Å². The molecule has 2 N–H and O–H groups in total. The molecule has 1 aromatic carbocycles. The van der Waals surface area contributed by atoms with E-state index in [9.17, 15) is 8.42 Å². The highest BCUT2D eigenvalue weighted by molar-refractivity contribution is 9.10. The van der Waals surface area contributed by atoms with Gasteiger partial charge in [-0.25, -0.2) is 13.1 Å². The van der Waals surface area contributed by atoms with Crippen molar-refractivity contribution in [3.63, 3.8) is 0 Å². The number of aliphatic hydroxyl groups is 1. The maximum atomic E-state index is 12.5. The number of hydrogen-bond acceptors (Lipinski definition) is 3. The Morgan fingerprint density at radius 3 is 2.57 bits per heavy atom. The average molecular weight is 376 g/mol. The standard InChI is InChI=1S/C15H22BrNO3S/c1-2-15(7-3-4-8-15)11-17-21(19,20)14-9-12(10-18)5-6-13(14)16/h5-6,9,17-18H,2-4,7-8,10-11H2,1H3. The molecule has 0 aromatic heterocycles. The molecule has 1 saturated carbocycles. The average Bonchev–Trinajstić information content (AvgIpc) is 2.95. The Hall–Kier alpha value is -0.430. The van der Waals surface area contributed by atoms with Crippen molar-refractivity contribution >= 4 is 26.0 Å². The van der Waals surface area contributed by atoms with Crippen LogP contribution in [0.15, 0.2) is 27.6 Å². The molecule has 0 radical (unpaired) electrons. The summed E-state index contributed by atoms with van der Waals surface area (Å²) >= 11 is 3.28. The van der Waals surface area contributed by atoms with Crippen molar-refractivity contribution in [2.24, 2.45) is 5.41 Å². The van der Waals surface area contributed by atoms with Crippen LogP contribution in [0.1, 0.15) is 44.6 Å². The Labute approximate surface area is 135 Å². The van der Waals surface area contributed by atoms with Crippen molar-refractivity contribution in [1.29, 1.82) is 0 Å². The number of nitrogens with one attached hydrogen (secondary N) is 1. The van der Waals surface area contributed by atoms with Crippen molar-refractivity contribution in [2.75, 3.05) is 6.54 Å². The van der Waals surface area contributed by atoms with Crippen molar-refractivity contribution in [3.05, 3.63) is 28.2 Å². The van der Waals surface area contributed by atoms with Crippen LogP contribution < -0.4 is 4.72 Å². The zero-order valence-corrected chi connectivity index (χ0v) is 14.6. The first-order valence-electron chi connectivity index (χ1n) is 7.31. The minimum absolute atomic E-state index is 0.105. The van der Waals surface area contributed by atoms with E-state index in [2.05, 4.69) is 27.6 Å². The third kappa shape index (κ3) is 3.86. The van der Waals surface area contributed by atoms with Crippen molar-refractivity contribution in [3.8, 4) is 0 Å². The van der Waals surface area contributed by atoms with Crippen LogP contribution in [0, 0.1) is 5.41 Å². The Bertz CT molecular complexity index is 595. The van der Waals surface area contributed by atoms with Crippen molar-refractivity contribution < 1.29 is 13.5 Å². The smallest absolute Gasteiger partial charge is 0.241 e. The summed E-state index contributed by atoms with van der Waals surface area (Å²) in [6, 6.07) is 4.87. The molecule has 0 saturated heterocycles. The van der Waals surface area contributed by atoms with Gasteiger partial charge in [-0.05, 0) is 58.3 Å². The molecule has 2 rings (SSSR count). The summed E-state index contributed by atoms with van der Waals surface area (Å²) in [4.78, 5) is 0.193. The van der Waals surface area contributed by atoms with Crippen LogP contribution >= 0.6 is 15.9 Å². The fourth-order valence-electron chi connectivity index (χ4n) is 2.96. The zero-order chi connectivity index (χ0) is 15.5. The second-order valence-corrected chi connectivity index (χ2v) is 8.40. The Balaban J connectivity index is 2.18. The van der Waals surface area contributed by atoms with E-state index < -0.39 is 10.0 Å². The van der Waals surface area contributed by atoms with Crippen LogP contribution in [0.25, 0.3) is 0 Å². The zero-order valence-electron chi connectivity index (χ0n) is 12.2. The summed E-state index contributed by atoms with van der Waals surface area (Å²) in [5, 5.41) is 9.17. The molecule has 6 heteroatoms. The second kappa shape index (κ2) is 6.77. The number of sulfonamides is 1. The molecule has 0 amide bonds. The predicted octanol–water partition coefficient (Wildman–Crippen LogP) is 3.19. The highest BCUT2D eigenvalue weighted by atomic mass is 79.9. The third-order valence-electron chi connectivity index (χ3n) is 4.52. The minimum Gasteiger partial charge on any atom is -0.392 e. The molecule has 1 aliphatic carbocycles. The molecule has 1 fully saturated rings. The highest BCUT2D eigenvalue weighted by Gasteiger charge is 2.33. The second-order valence-electron chi connectivity index (χ2n) is 5.81. The van der Waals surface area contributed by atoms with Crippen LogP contribution in [-0.4, -0.2) is 20.1 Å². The van der Waals surface area contributed by atoms with Gasteiger partial charge in [0.15, 0.2) is 0 Å². The lowest BCUT2D eigenvalue weighted by Gasteiger charge is -2.27. The van der Waals surface area contributed by atoms with Crippen LogP contribution in [-0.2, 0) is 16.6 Å². The molecule has 21 heavy (non-hydrogen) atoms. The molecule has 0 aliphatic heterocycles. The highest BCUT2D eigenvalue weighted by Crippen LogP contribution is 2.40. The molecule has 1 aliphatic rings. The Morgan fingerprint density at radius 2 is 2.00 bits per heavy atom. The maximum absolute atomic E-state index is 12.5. The van der Waals surface area contributed by atoms with Crippen LogP contribution in [0.5, 0.6) is 0 Å². The van der Waals surface area contributed by atoms with Crippen LogP contribution in [0.2, 0.25) is 0 Å². The summed E-state index contributed by atoms with van der Waals surface area (Å²) in [7, 11) is -3.57. The van der Waals surface area contributed by atoms with E-state index in [0.29, 0.717) is 16.6 Å². The number of benzene rings is 1. The van der Waals surface area contributed by atoms with Gasteiger partial charge in [-0.2, -0.15) is 0 Å². The first-order chi connectivity index (χ1) is 9.92. The molecule has 0 unspecified atom stereocenters. The maximum Gasteiger partial charge on any atom is 0.241 e. The van der Waals surface area contributed by atoms with E-state index in [4.69, 9.17) is 5.11 Å². The molecule has 4 nitrogen and oxygen atoms in total. The lowest BCUT2D eigenvalue weighted by Crippen LogP contribution is -2.35. The van der Waals surface area contributed by atoms with Gasteiger partial charge in [-0.3, -0.25) is 0 Å². The van der Waals surface area contributed by atoms with E-state index >= 15 is 0 Å². The first-order valence-corrected chi connectivity index (χ1v) is 9.59. The van der Waals surface area contributed by atoms with Gasteiger partial charge in [0.05, 0.1) is 11.5 Å². The Kier molecular flexibility index (Phi) is 5.46. The molecule has 0 heterocycles. The van der Waals surface area contributed by atoms with Crippen molar-refractivity contribution in [1.82, 2.24) is 4.72 Å². The van der Waals surface area contributed by atoms with Crippen molar-refractivity contribution in [2.45, 2.75) is 50.5 Å². The van der Waals surface area contributed by atoms with Gasteiger partial charge in [-0.15, -0.1) is 0 Å². The fraction of sp³-hybridized carbons (Fsp3) is 0.600. The summed E-state index contributed by atoms with van der Waals surface area (Å²) < 4.78 is 28.3. The lowest BCUT2D eigenvalue weighted by atomic mass is 9.84. The quantitative estimate of drug-likeness (QED) is 0.801. The van der Waals surface area contributed by atoms with Gasteiger partial charge in [0.2, 0.25) is 10.0 Å². The summed E-state index contributed by atoms with van der Waals surface area (Å²) in [5.41, 5.74) is 0.693. The number of halogens is 1. The lowest BCUT2D eigenvalue weighted by molar-refractivity contribution is 0.281. The molecule has 0 atom stereocenters. The van der Waals surface area contributed by atoms with E-state index in [1.165, 1.54) is 18.9 Å². The predicted molar refractivity (Wildman–Crippen MR) is 86.4 cm³/mol.